The molecule has 0 spiro atoms. The van der Waals surface area contributed by atoms with Crippen molar-refractivity contribution in [2.24, 2.45) is 0 Å². The lowest BCUT2D eigenvalue weighted by molar-refractivity contribution is 0.102. The van der Waals surface area contributed by atoms with Crippen LogP contribution in [0.4, 0.5) is 10.1 Å². The van der Waals surface area contributed by atoms with Gasteiger partial charge in [-0.1, -0.05) is 57.9 Å². The average molecular weight is 543 g/mol. The van der Waals surface area contributed by atoms with E-state index < -0.39 is 0 Å². The number of anilines is 1. The third-order valence-corrected chi connectivity index (χ3v) is 6.19. The van der Waals surface area contributed by atoms with Crippen LogP contribution in [0.2, 0.25) is 5.02 Å². The number of halogens is 3. The minimum atomic E-state index is -0.285. The van der Waals surface area contributed by atoms with Crippen molar-refractivity contribution < 1.29 is 13.9 Å². The summed E-state index contributed by atoms with van der Waals surface area (Å²) in [6.07, 6.45) is 0. The third-order valence-electron chi connectivity index (χ3n) is 5.40. The Bertz CT molecular complexity index is 1340. The van der Waals surface area contributed by atoms with Gasteiger partial charge in [-0.2, -0.15) is 5.10 Å². The Morgan fingerprint density at radius 1 is 1.12 bits per heavy atom. The first-order valence-electron chi connectivity index (χ1n) is 10.6. The summed E-state index contributed by atoms with van der Waals surface area (Å²) < 4.78 is 22.4. The van der Waals surface area contributed by atoms with Gasteiger partial charge in [-0.05, 0) is 55.8 Å². The normalized spacial score (nSPS) is 10.9. The highest BCUT2D eigenvalue weighted by atomic mass is 79.9. The lowest BCUT2D eigenvalue weighted by Crippen LogP contribution is -2.13. The van der Waals surface area contributed by atoms with E-state index in [-0.39, 0.29) is 18.3 Å². The molecule has 34 heavy (non-hydrogen) atoms. The van der Waals surface area contributed by atoms with Crippen molar-refractivity contribution in [3.63, 3.8) is 0 Å². The number of hydrogen-bond donors (Lipinski definition) is 1. The van der Waals surface area contributed by atoms with Crippen molar-refractivity contribution >= 4 is 39.1 Å². The van der Waals surface area contributed by atoms with Gasteiger partial charge in [-0.15, -0.1) is 0 Å². The molecule has 4 rings (SSSR count). The summed E-state index contributed by atoms with van der Waals surface area (Å²) in [4.78, 5) is 12.8. The second-order valence-electron chi connectivity index (χ2n) is 7.81. The molecule has 0 radical (unpaired) electrons. The minimum Gasteiger partial charge on any atom is -0.487 e. The number of rotatable bonds is 7. The average Bonchev–Trinajstić information content (AvgIpc) is 3.07. The van der Waals surface area contributed by atoms with Crippen LogP contribution >= 0.6 is 27.5 Å². The van der Waals surface area contributed by atoms with E-state index in [4.69, 9.17) is 16.3 Å². The van der Waals surface area contributed by atoms with Gasteiger partial charge in [-0.25, -0.2) is 4.39 Å². The van der Waals surface area contributed by atoms with Crippen LogP contribution in [-0.2, 0) is 13.2 Å². The first-order valence-corrected chi connectivity index (χ1v) is 11.7. The Kier molecular flexibility index (Phi) is 7.34. The first-order chi connectivity index (χ1) is 16.3. The molecule has 8 heteroatoms. The Hall–Kier alpha value is -3.16. The zero-order valence-corrected chi connectivity index (χ0v) is 21.0. The fraction of sp³-hybridized carbons (Fsp3) is 0.154. The van der Waals surface area contributed by atoms with E-state index in [1.807, 2.05) is 32.0 Å². The number of nitrogens with zero attached hydrogens (tertiary/aromatic N) is 2. The van der Waals surface area contributed by atoms with E-state index in [2.05, 4.69) is 26.3 Å². The molecule has 0 saturated heterocycles. The number of carbonyl (C=O) groups is 1. The second kappa shape index (κ2) is 10.4. The fourth-order valence-corrected chi connectivity index (χ4v) is 4.24. The molecule has 0 atom stereocenters. The van der Waals surface area contributed by atoms with Gasteiger partial charge in [0.15, 0.2) is 0 Å². The van der Waals surface area contributed by atoms with Gasteiger partial charge < -0.3 is 10.1 Å². The topological polar surface area (TPSA) is 56.2 Å². The van der Waals surface area contributed by atoms with E-state index in [0.717, 1.165) is 15.7 Å². The maximum absolute atomic E-state index is 14.0. The highest BCUT2D eigenvalue weighted by molar-refractivity contribution is 9.10. The summed E-state index contributed by atoms with van der Waals surface area (Å²) in [7, 11) is 0. The molecule has 1 amide bonds. The van der Waals surface area contributed by atoms with E-state index in [9.17, 15) is 9.18 Å². The minimum absolute atomic E-state index is 0.250. The highest BCUT2D eigenvalue weighted by Crippen LogP contribution is 2.28. The molecule has 0 aliphatic rings. The predicted octanol–water partition coefficient (Wildman–Crippen LogP) is 6.93. The predicted molar refractivity (Wildman–Crippen MR) is 135 cm³/mol. The molecule has 174 valence electrons. The van der Waals surface area contributed by atoms with Crippen LogP contribution < -0.4 is 10.1 Å². The van der Waals surface area contributed by atoms with Crippen molar-refractivity contribution in [2.45, 2.75) is 27.0 Å². The molecule has 1 N–H and O–H groups in total. The zero-order chi connectivity index (χ0) is 24.2. The third kappa shape index (κ3) is 5.48. The van der Waals surface area contributed by atoms with Gasteiger partial charge in [-0.3, -0.25) is 9.48 Å². The van der Waals surface area contributed by atoms with Crippen LogP contribution in [0.15, 0.2) is 71.2 Å². The smallest absolute Gasteiger partial charge is 0.255 e. The van der Waals surface area contributed by atoms with Crippen molar-refractivity contribution in [1.82, 2.24) is 9.78 Å². The van der Waals surface area contributed by atoms with Crippen LogP contribution in [0.25, 0.3) is 0 Å². The zero-order valence-electron chi connectivity index (χ0n) is 18.6. The van der Waals surface area contributed by atoms with E-state index in [1.165, 1.54) is 6.07 Å². The monoisotopic (exact) mass is 541 g/mol. The van der Waals surface area contributed by atoms with Gasteiger partial charge in [0.2, 0.25) is 0 Å². The molecule has 0 fully saturated rings. The summed E-state index contributed by atoms with van der Waals surface area (Å²) in [5.41, 5.74) is 3.99. The van der Waals surface area contributed by atoms with E-state index in [0.29, 0.717) is 39.9 Å². The van der Waals surface area contributed by atoms with Crippen LogP contribution in [-0.4, -0.2) is 15.7 Å². The van der Waals surface area contributed by atoms with Gasteiger partial charge in [0.1, 0.15) is 18.2 Å². The first kappa shape index (κ1) is 24.0. The largest absolute Gasteiger partial charge is 0.487 e. The van der Waals surface area contributed by atoms with Gasteiger partial charge in [0.05, 0.1) is 28.6 Å². The fourth-order valence-electron chi connectivity index (χ4n) is 3.51. The molecule has 1 aromatic heterocycles. The lowest BCUT2D eigenvalue weighted by atomic mass is 10.1. The number of ether oxygens (including phenoxy) is 1. The molecule has 0 saturated carbocycles. The summed E-state index contributed by atoms with van der Waals surface area (Å²) in [5.74, 6) is 0.0530. The quantitative estimate of drug-likeness (QED) is 0.275. The van der Waals surface area contributed by atoms with Crippen LogP contribution in [0.3, 0.4) is 0 Å². The summed E-state index contributed by atoms with van der Waals surface area (Å²) in [5, 5.41) is 7.93. The van der Waals surface area contributed by atoms with Gasteiger partial charge in [0, 0.05) is 15.6 Å². The molecule has 3 aromatic carbocycles. The van der Waals surface area contributed by atoms with Gasteiger partial charge >= 0.3 is 0 Å². The van der Waals surface area contributed by atoms with Crippen molar-refractivity contribution in [1.29, 1.82) is 0 Å². The summed E-state index contributed by atoms with van der Waals surface area (Å²) in [6.45, 7) is 4.27. The van der Waals surface area contributed by atoms with Crippen LogP contribution in [0.5, 0.6) is 5.75 Å². The molecule has 1 heterocycles. The maximum atomic E-state index is 14.0. The molecule has 0 aliphatic heterocycles. The molecule has 0 aliphatic carbocycles. The van der Waals surface area contributed by atoms with Crippen molar-refractivity contribution in [3.05, 3.63) is 110 Å². The molecule has 5 nitrogen and oxygen atoms in total. The maximum Gasteiger partial charge on any atom is 0.255 e. The van der Waals surface area contributed by atoms with E-state index >= 15 is 0 Å². The summed E-state index contributed by atoms with van der Waals surface area (Å²) in [6, 6.07) is 19.2. The van der Waals surface area contributed by atoms with Crippen molar-refractivity contribution in [2.75, 3.05) is 5.32 Å². The molecule has 0 unspecified atom stereocenters. The Morgan fingerprint density at radius 3 is 2.56 bits per heavy atom. The van der Waals surface area contributed by atoms with Crippen molar-refractivity contribution in [3.8, 4) is 5.75 Å². The van der Waals surface area contributed by atoms with E-state index in [1.54, 1.807) is 47.1 Å². The number of carbonyl (C=O) groups excluding carboxylic acids is 1. The summed E-state index contributed by atoms with van der Waals surface area (Å²) >= 11 is 9.55. The van der Waals surface area contributed by atoms with Crippen LogP contribution in [0, 0.1) is 19.7 Å². The molecule has 0 bridgehead atoms. The number of benzene rings is 3. The Balaban J connectivity index is 1.42. The SMILES string of the molecule is Cc1nn(Cc2ccccc2F)c(C)c1NC(=O)c1ccc(COc2ccc(Br)cc2Cl)cc1. The number of hydrogen-bond acceptors (Lipinski definition) is 3. The number of nitrogens with one attached hydrogen (secondary N) is 1. The number of amides is 1. The highest BCUT2D eigenvalue weighted by Gasteiger charge is 2.16. The number of aromatic nitrogens is 2. The standard InChI is InChI=1S/C26H22BrClFN3O2/c1-16-25(17(2)32(31-16)14-20-5-3-4-6-23(20)29)30-26(33)19-9-7-18(8-10-19)15-34-24-12-11-21(27)13-22(24)28/h3-13H,14-15H2,1-2H3,(H,30,33). The second-order valence-corrected chi connectivity index (χ2v) is 9.13. The Morgan fingerprint density at radius 2 is 1.85 bits per heavy atom. The molecular weight excluding hydrogens is 521 g/mol. The Labute approximate surface area is 210 Å². The van der Waals surface area contributed by atoms with Crippen LogP contribution in [0.1, 0.15) is 32.9 Å². The lowest BCUT2D eigenvalue weighted by Gasteiger charge is -2.10. The molecular formula is C26H22BrClFN3O2. The van der Waals surface area contributed by atoms with Gasteiger partial charge in [0.25, 0.3) is 5.91 Å². The number of aryl methyl sites for hydroxylation is 1. The molecule has 4 aromatic rings.